The van der Waals surface area contributed by atoms with Crippen LogP contribution in [0.4, 0.5) is 4.79 Å². The van der Waals surface area contributed by atoms with Gasteiger partial charge in [-0.1, -0.05) is 30.3 Å². The first-order valence-electron chi connectivity index (χ1n) is 10.1. The summed E-state index contributed by atoms with van der Waals surface area (Å²) in [5, 5.41) is 4.37. The Labute approximate surface area is 198 Å². The molecule has 0 aliphatic rings. The summed E-state index contributed by atoms with van der Waals surface area (Å²) in [6.07, 6.45) is 0. The Morgan fingerprint density at radius 3 is 2.38 bits per heavy atom. The number of sulfonamides is 1. The van der Waals surface area contributed by atoms with Crippen LogP contribution in [0, 0.1) is 0 Å². The number of ether oxygens (including phenoxy) is 3. The van der Waals surface area contributed by atoms with E-state index in [0.717, 1.165) is 15.9 Å². The van der Waals surface area contributed by atoms with E-state index in [1.165, 1.54) is 33.4 Å². The lowest BCUT2D eigenvalue weighted by Crippen LogP contribution is -2.42. The average Bonchev–Trinajstić information content (AvgIpc) is 2.82. The molecule has 0 saturated heterocycles. The summed E-state index contributed by atoms with van der Waals surface area (Å²) in [6, 6.07) is 12.0. The molecule has 12 heteroatoms. The van der Waals surface area contributed by atoms with Crippen molar-refractivity contribution in [2.24, 2.45) is 0 Å². The molecule has 0 spiro atoms. The number of hydrogen-bond donors (Lipinski definition) is 2. The van der Waals surface area contributed by atoms with Crippen LogP contribution in [0.5, 0.6) is 5.75 Å². The zero-order valence-corrected chi connectivity index (χ0v) is 19.9. The molecule has 0 unspecified atom stereocenters. The number of carbonyl (C=O) groups is 3. The van der Waals surface area contributed by atoms with Crippen LogP contribution in [0.2, 0.25) is 0 Å². The van der Waals surface area contributed by atoms with Crippen LogP contribution in [-0.4, -0.2) is 71.7 Å². The van der Waals surface area contributed by atoms with Crippen molar-refractivity contribution in [2.75, 3.05) is 41.0 Å². The highest BCUT2D eigenvalue weighted by atomic mass is 32.2. The van der Waals surface area contributed by atoms with Gasteiger partial charge >= 0.3 is 12.0 Å². The summed E-state index contributed by atoms with van der Waals surface area (Å²) in [5.41, 5.74) is 0.671. The molecule has 0 aromatic heterocycles. The molecule has 2 aromatic rings. The van der Waals surface area contributed by atoms with E-state index in [1.54, 1.807) is 24.3 Å². The number of urea groups is 1. The third-order valence-electron chi connectivity index (χ3n) is 4.51. The molecular formula is C22H27N3O8S. The minimum atomic E-state index is -4.04. The van der Waals surface area contributed by atoms with Gasteiger partial charge in [-0.15, -0.1) is 0 Å². The predicted octanol–water partition coefficient (Wildman–Crippen LogP) is 1.14. The van der Waals surface area contributed by atoms with Crippen LogP contribution in [0.15, 0.2) is 53.4 Å². The molecule has 34 heavy (non-hydrogen) atoms. The largest absolute Gasteiger partial charge is 0.495 e. The predicted molar refractivity (Wildman–Crippen MR) is 122 cm³/mol. The Balaban J connectivity index is 2.09. The van der Waals surface area contributed by atoms with Gasteiger partial charge in [0.1, 0.15) is 10.6 Å². The number of carbonyl (C=O) groups excluding carboxylic acids is 3. The molecule has 0 heterocycles. The van der Waals surface area contributed by atoms with E-state index in [4.69, 9.17) is 14.2 Å². The van der Waals surface area contributed by atoms with E-state index in [9.17, 15) is 22.8 Å². The lowest BCUT2D eigenvalue weighted by Gasteiger charge is -2.19. The SMILES string of the molecule is COCCNC(=O)NC(=O)COC(=O)c1ccc(OC)c(S(=O)(=O)N(C)Cc2ccccc2)c1. The Bertz CT molecular complexity index is 1110. The number of methoxy groups -OCH3 is 2. The highest BCUT2D eigenvalue weighted by molar-refractivity contribution is 7.89. The molecule has 2 rings (SSSR count). The zero-order valence-electron chi connectivity index (χ0n) is 19.1. The maximum absolute atomic E-state index is 13.2. The van der Waals surface area contributed by atoms with Crippen LogP contribution < -0.4 is 15.4 Å². The number of nitrogens with one attached hydrogen (secondary N) is 2. The highest BCUT2D eigenvalue weighted by Gasteiger charge is 2.27. The minimum Gasteiger partial charge on any atom is -0.495 e. The van der Waals surface area contributed by atoms with Gasteiger partial charge in [0, 0.05) is 27.2 Å². The first-order valence-corrected chi connectivity index (χ1v) is 11.5. The van der Waals surface area contributed by atoms with Crippen molar-refractivity contribution in [1.82, 2.24) is 14.9 Å². The van der Waals surface area contributed by atoms with Gasteiger partial charge in [0.15, 0.2) is 6.61 Å². The van der Waals surface area contributed by atoms with Crippen molar-refractivity contribution in [2.45, 2.75) is 11.4 Å². The molecule has 2 aromatic carbocycles. The first-order chi connectivity index (χ1) is 16.2. The fraction of sp³-hybridized carbons (Fsp3) is 0.318. The maximum atomic E-state index is 13.2. The average molecular weight is 494 g/mol. The Morgan fingerprint density at radius 1 is 1.03 bits per heavy atom. The van der Waals surface area contributed by atoms with Gasteiger partial charge in [0.2, 0.25) is 10.0 Å². The smallest absolute Gasteiger partial charge is 0.338 e. The number of nitrogens with zero attached hydrogens (tertiary/aromatic N) is 1. The van der Waals surface area contributed by atoms with Crippen LogP contribution >= 0.6 is 0 Å². The Morgan fingerprint density at radius 2 is 1.74 bits per heavy atom. The molecular weight excluding hydrogens is 466 g/mol. The fourth-order valence-corrected chi connectivity index (χ4v) is 4.12. The topological polar surface area (TPSA) is 140 Å². The number of hydrogen-bond acceptors (Lipinski definition) is 8. The minimum absolute atomic E-state index is 0.0435. The highest BCUT2D eigenvalue weighted by Crippen LogP contribution is 2.28. The van der Waals surface area contributed by atoms with Gasteiger partial charge in [0.05, 0.1) is 19.3 Å². The first kappa shape index (κ1) is 26.8. The summed E-state index contributed by atoms with van der Waals surface area (Å²) < 4.78 is 42.3. The van der Waals surface area contributed by atoms with Crippen molar-refractivity contribution < 1.29 is 37.0 Å². The summed E-state index contributed by atoms with van der Waals surface area (Å²) in [7, 11) is 0.146. The lowest BCUT2D eigenvalue weighted by molar-refractivity contribution is -0.123. The third kappa shape index (κ3) is 7.54. The quantitative estimate of drug-likeness (QED) is 0.351. The number of imide groups is 1. The van der Waals surface area contributed by atoms with E-state index in [-0.39, 0.29) is 35.9 Å². The number of benzene rings is 2. The second-order valence-electron chi connectivity index (χ2n) is 6.99. The molecule has 184 valence electrons. The molecule has 3 amide bonds. The molecule has 0 aliphatic carbocycles. The second kappa shape index (κ2) is 12.7. The number of rotatable bonds is 11. The standard InChI is InChI=1S/C22H27N3O8S/c1-25(14-16-7-5-4-6-8-16)34(29,30)19-13-17(9-10-18(19)32-3)21(27)33-15-20(26)24-22(28)23-11-12-31-2/h4-10,13H,11-12,14-15H2,1-3H3,(H2,23,24,26,28). The van der Waals surface area contributed by atoms with Gasteiger partial charge in [-0.2, -0.15) is 4.31 Å². The van der Waals surface area contributed by atoms with E-state index in [1.807, 2.05) is 11.4 Å². The normalized spacial score (nSPS) is 11.1. The van der Waals surface area contributed by atoms with Gasteiger partial charge in [0.25, 0.3) is 5.91 Å². The molecule has 11 nitrogen and oxygen atoms in total. The van der Waals surface area contributed by atoms with E-state index in [2.05, 4.69) is 5.32 Å². The number of esters is 1. The molecule has 0 fully saturated rings. The molecule has 0 saturated carbocycles. The summed E-state index contributed by atoms with van der Waals surface area (Å²) in [6.45, 7) is -0.177. The second-order valence-corrected chi connectivity index (χ2v) is 9.00. The van der Waals surface area contributed by atoms with Crippen LogP contribution in [0.1, 0.15) is 15.9 Å². The molecule has 0 atom stereocenters. The maximum Gasteiger partial charge on any atom is 0.338 e. The van der Waals surface area contributed by atoms with Gasteiger partial charge in [-0.25, -0.2) is 18.0 Å². The summed E-state index contributed by atoms with van der Waals surface area (Å²) in [5.74, 6) is -1.76. The molecule has 2 N–H and O–H groups in total. The fourth-order valence-electron chi connectivity index (χ4n) is 2.79. The van der Waals surface area contributed by atoms with Gasteiger partial charge in [-0.3, -0.25) is 10.1 Å². The van der Waals surface area contributed by atoms with Crippen molar-refractivity contribution in [3.63, 3.8) is 0 Å². The summed E-state index contributed by atoms with van der Waals surface area (Å²) >= 11 is 0. The molecule has 0 radical (unpaired) electrons. The van der Waals surface area contributed by atoms with Crippen molar-refractivity contribution in [3.8, 4) is 5.75 Å². The van der Waals surface area contributed by atoms with Gasteiger partial charge in [-0.05, 0) is 23.8 Å². The van der Waals surface area contributed by atoms with Crippen LogP contribution in [0.3, 0.4) is 0 Å². The van der Waals surface area contributed by atoms with Crippen LogP contribution in [-0.2, 0) is 30.8 Å². The van der Waals surface area contributed by atoms with Crippen molar-refractivity contribution in [3.05, 3.63) is 59.7 Å². The van der Waals surface area contributed by atoms with Crippen molar-refractivity contribution >= 4 is 27.9 Å². The molecule has 0 bridgehead atoms. The zero-order chi connectivity index (χ0) is 25.1. The summed E-state index contributed by atoms with van der Waals surface area (Å²) in [4.78, 5) is 35.5. The Kier molecular flexibility index (Phi) is 9.98. The van der Waals surface area contributed by atoms with Crippen molar-refractivity contribution in [1.29, 1.82) is 0 Å². The van der Waals surface area contributed by atoms with E-state index >= 15 is 0 Å². The molecule has 0 aliphatic heterocycles. The van der Waals surface area contributed by atoms with Crippen LogP contribution in [0.25, 0.3) is 0 Å². The monoisotopic (exact) mass is 493 g/mol. The third-order valence-corrected chi connectivity index (χ3v) is 6.34. The van der Waals surface area contributed by atoms with E-state index in [0.29, 0.717) is 0 Å². The Hall–Kier alpha value is -3.48. The number of amides is 3. The van der Waals surface area contributed by atoms with E-state index < -0.39 is 34.5 Å². The lowest BCUT2D eigenvalue weighted by atomic mass is 10.2. The van der Waals surface area contributed by atoms with Gasteiger partial charge < -0.3 is 19.5 Å².